The fraction of sp³-hybridized carbons (Fsp3) is 0.444. The van der Waals surface area contributed by atoms with Crippen molar-refractivity contribution in [1.29, 1.82) is 5.26 Å². The van der Waals surface area contributed by atoms with Gasteiger partial charge in [-0.25, -0.2) is 4.98 Å². The lowest BCUT2D eigenvalue weighted by molar-refractivity contribution is -0.0494. The minimum atomic E-state index is -2.92. The Bertz CT molecular complexity index is 1250. The third kappa shape index (κ3) is 4.42. The third-order valence-corrected chi connectivity index (χ3v) is 7.42. The first-order chi connectivity index (χ1) is 17.6. The van der Waals surface area contributed by atoms with Crippen LogP contribution < -0.4 is 9.64 Å². The Labute approximate surface area is 207 Å². The lowest BCUT2D eigenvalue weighted by atomic mass is 9.99. The van der Waals surface area contributed by atoms with Gasteiger partial charge in [0.05, 0.1) is 18.3 Å². The fourth-order valence-corrected chi connectivity index (χ4v) is 5.64. The van der Waals surface area contributed by atoms with Gasteiger partial charge in [0.15, 0.2) is 0 Å². The Balaban J connectivity index is 1.19. The predicted octanol–water partition coefficient (Wildman–Crippen LogP) is 5.80. The molecule has 3 fully saturated rings. The number of fused-ring (bicyclic) bond motifs is 2. The van der Waals surface area contributed by atoms with Crippen molar-refractivity contribution < 1.29 is 22.8 Å². The van der Waals surface area contributed by atoms with Crippen LogP contribution in [0.4, 0.5) is 14.6 Å². The Morgan fingerprint density at radius 1 is 1.08 bits per heavy atom. The molecule has 1 aliphatic carbocycles. The summed E-state index contributed by atoms with van der Waals surface area (Å²) >= 11 is 0. The molecule has 2 aromatic heterocycles. The molecule has 0 radical (unpaired) electrons. The number of anilines is 1. The number of para-hydroxylation sites is 1. The maximum Gasteiger partial charge on any atom is 0.387 e. The largest absolute Gasteiger partial charge is 0.434 e. The zero-order chi connectivity index (χ0) is 24.6. The summed E-state index contributed by atoms with van der Waals surface area (Å²) in [6, 6.07) is 13.2. The van der Waals surface area contributed by atoms with Crippen LogP contribution in [0.2, 0.25) is 0 Å². The van der Waals surface area contributed by atoms with Crippen LogP contribution in [-0.2, 0) is 11.3 Å². The second kappa shape index (κ2) is 9.51. The van der Waals surface area contributed by atoms with Gasteiger partial charge in [-0.1, -0.05) is 17.3 Å². The maximum absolute atomic E-state index is 13.0. The van der Waals surface area contributed by atoms with Crippen molar-refractivity contribution in [3.8, 4) is 23.1 Å². The first kappa shape index (κ1) is 22.9. The highest BCUT2D eigenvalue weighted by Gasteiger charge is 2.42. The number of alkyl halides is 2. The zero-order valence-corrected chi connectivity index (χ0v) is 19.6. The third-order valence-electron chi connectivity index (χ3n) is 7.42. The predicted molar refractivity (Wildman–Crippen MR) is 127 cm³/mol. The number of piperidine rings is 1. The van der Waals surface area contributed by atoms with E-state index in [0.29, 0.717) is 41.4 Å². The average molecular weight is 493 g/mol. The molecule has 1 saturated carbocycles. The smallest absolute Gasteiger partial charge is 0.387 e. The number of aromatic nitrogens is 2. The Hall–Kier alpha value is -3.51. The van der Waals surface area contributed by atoms with E-state index >= 15 is 0 Å². The van der Waals surface area contributed by atoms with Gasteiger partial charge in [-0.15, -0.1) is 0 Å². The van der Waals surface area contributed by atoms with E-state index < -0.39 is 6.61 Å². The number of hydrogen-bond acceptors (Lipinski definition) is 7. The normalized spacial score (nSPS) is 23.2. The summed E-state index contributed by atoms with van der Waals surface area (Å²) in [6.45, 7) is -2.61. The quantitative estimate of drug-likeness (QED) is 0.393. The number of nitriles is 1. The fourth-order valence-electron chi connectivity index (χ4n) is 5.64. The summed E-state index contributed by atoms with van der Waals surface area (Å²) in [7, 11) is 0. The number of pyridine rings is 1. The van der Waals surface area contributed by atoms with E-state index in [1.807, 2.05) is 12.1 Å². The monoisotopic (exact) mass is 492 g/mol. The van der Waals surface area contributed by atoms with Crippen LogP contribution in [0.15, 0.2) is 47.1 Å². The number of rotatable bonds is 8. The number of halogens is 2. The van der Waals surface area contributed by atoms with Gasteiger partial charge in [-0.05, 0) is 62.8 Å². The van der Waals surface area contributed by atoms with E-state index in [-0.39, 0.29) is 11.9 Å². The van der Waals surface area contributed by atoms with Crippen molar-refractivity contribution in [1.82, 2.24) is 10.1 Å². The molecule has 1 aromatic carbocycles. The molecule has 186 valence electrons. The first-order valence-electron chi connectivity index (χ1n) is 12.4. The van der Waals surface area contributed by atoms with Gasteiger partial charge >= 0.3 is 6.61 Å². The molecule has 3 aliphatic rings. The van der Waals surface area contributed by atoms with Crippen molar-refractivity contribution in [2.75, 3.05) is 4.90 Å². The maximum atomic E-state index is 13.0. The standard InChI is InChI=1S/C27H26F2N4O3/c28-27(29)35-23-4-2-1-3-21(23)25-22(26(36-32-25)17-6-7-17)15-34-20-11-18-8-9-19(12-20)33(18)24-10-5-16(13-30)14-31-24/h1-5,10,14,17-20,27H,6-9,11-12,15H2/t18-,19+,20?. The van der Waals surface area contributed by atoms with Crippen LogP contribution in [0.3, 0.4) is 0 Å². The number of hydrogen-bond donors (Lipinski definition) is 0. The van der Waals surface area contributed by atoms with Crippen LogP contribution in [0.1, 0.15) is 61.3 Å². The minimum absolute atomic E-state index is 0.0690. The van der Waals surface area contributed by atoms with Crippen LogP contribution in [-0.4, -0.2) is 34.9 Å². The minimum Gasteiger partial charge on any atom is -0.434 e. The Morgan fingerprint density at radius 2 is 1.86 bits per heavy atom. The van der Waals surface area contributed by atoms with Crippen molar-refractivity contribution in [3.05, 3.63) is 59.5 Å². The summed E-state index contributed by atoms with van der Waals surface area (Å²) in [6.07, 6.45) is 7.66. The molecule has 4 heterocycles. The van der Waals surface area contributed by atoms with Gasteiger partial charge in [-0.3, -0.25) is 0 Å². The average Bonchev–Trinajstić information content (AvgIpc) is 3.59. The highest BCUT2D eigenvalue weighted by molar-refractivity contribution is 5.70. The van der Waals surface area contributed by atoms with E-state index in [4.69, 9.17) is 19.3 Å². The highest BCUT2D eigenvalue weighted by Crippen LogP contribution is 2.46. The molecule has 0 N–H and O–H groups in total. The van der Waals surface area contributed by atoms with Gasteiger partial charge in [-0.2, -0.15) is 14.0 Å². The van der Waals surface area contributed by atoms with E-state index in [1.165, 1.54) is 6.07 Å². The molecule has 36 heavy (non-hydrogen) atoms. The molecule has 0 amide bonds. The van der Waals surface area contributed by atoms with Crippen LogP contribution in [0.25, 0.3) is 11.3 Å². The van der Waals surface area contributed by atoms with Gasteiger partial charge in [0.1, 0.15) is 29.1 Å². The second-order valence-corrected chi connectivity index (χ2v) is 9.74. The molecule has 2 aliphatic heterocycles. The van der Waals surface area contributed by atoms with Crippen molar-refractivity contribution in [2.45, 2.75) is 75.8 Å². The zero-order valence-electron chi connectivity index (χ0n) is 19.6. The number of ether oxygens (including phenoxy) is 2. The van der Waals surface area contributed by atoms with Crippen LogP contribution >= 0.6 is 0 Å². The van der Waals surface area contributed by atoms with Crippen LogP contribution in [0.5, 0.6) is 5.75 Å². The molecular weight excluding hydrogens is 466 g/mol. The van der Waals surface area contributed by atoms with E-state index in [2.05, 4.69) is 21.1 Å². The summed E-state index contributed by atoms with van der Waals surface area (Å²) in [4.78, 5) is 6.89. The molecule has 3 atom stereocenters. The SMILES string of the molecule is N#Cc1ccc(N2[C@@H]3CC[C@H]2CC(OCc2c(-c4ccccc4OC(F)F)noc2C2CC2)C3)nc1. The molecule has 2 saturated heterocycles. The van der Waals surface area contributed by atoms with Gasteiger partial charge in [0, 0.05) is 35.3 Å². The molecule has 9 heteroatoms. The second-order valence-electron chi connectivity index (χ2n) is 9.74. The molecule has 6 rings (SSSR count). The van der Waals surface area contributed by atoms with Crippen molar-refractivity contribution in [3.63, 3.8) is 0 Å². The summed E-state index contributed by atoms with van der Waals surface area (Å²) in [5, 5.41) is 13.3. The van der Waals surface area contributed by atoms with Gasteiger partial charge in [0.25, 0.3) is 0 Å². The number of benzene rings is 1. The summed E-state index contributed by atoms with van der Waals surface area (Å²) in [5.74, 6) is 2.08. The molecule has 2 bridgehead atoms. The van der Waals surface area contributed by atoms with Gasteiger partial charge < -0.3 is 18.9 Å². The van der Waals surface area contributed by atoms with E-state index in [1.54, 1.807) is 24.4 Å². The molecule has 0 spiro atoms. The lowest BCUT2D eigenvalue weighted by Gasteiger charge is -2.39. The Morgan fingerprint density at radius 3 is 2.53 bits per heavy atom. The Kier molecular flexibility index (Phi) is 6.05. The van der Waals surface area contributed by atoms with E-state index in [0.717, 1.165) is 55.7 Å². The topological polar surface area (TPSA) is 84.4 Å². The lowest BCUT2D eigenvalue weighted by Crippen LogP contribution is -2.46. The van der Waals surface area contributed by atoms with E-state index in [9.17, 15) is 8.78 Å². The highest BCUT2D eigenvalue weighted by atomic mass is 19.3. The summed E-state index contributed by atoms with van der Waals surface area (Å²) < 4.78 is 42.9. The van der Waals surface area contributed by atoms with Crippen LogP contribution in [0, 0.1) is 11.3 Å². The molecule has 3 aromatic rings. The summed E-state index contributed by atoms with van der Waals surface area (Å²) in [5.41, 5.74) is 2.37. The molecule has 7 nitrogen and oxygen atoms in total. The number of nitrogens with zero attached hydrogens (tertiary/aromatic N) is 4. The van der Waals surface area contributed by atoms with Crippen molar-refractivity contribution in [2.24, 2.45) is 0 Å². The van der Waals surface area contributed by atoms with Gasteiger partial charge in [0.2, 0.25) is 0 Å². The van der Waals surface area contributed by atoms with Crippen molar-refractivity contribution >= 4 is 5.82 Å². The first-order valence-corrected chi connectivity index (χ1v) is 12.4. The molecule has 1 unspecified atom stereocenters. The molecular formula is C27H26F2N4O3.